The van der Waals surface area contributed by atoms with E-state index in [0.717, 1.165) is 6.42 Å². The molecule has 1 fully saturated rings. The van der Waals surface area contributed by atoms with Crippen molar-refractivity contribution < 1.29 is 14.0 Å². The van der Waals surface area contributed by atoms with Gasteiger partial charge in [-0.1, -0.05) is 81.4 Å². The zero-order chi connectivity index (χ0) is 25.1. The summed E-state index contributed by atoms with van der Waals surface area (Å²) in [6.45, 7) is 12.2. The molecule has 4 N–H and O–H groups in total. The van der Waals surface area contributed by atoms with Crippen LogP contribution in [-0.4, -0.2) is 38.3 Å². The third kappa shape index (κ3) is 6.36. The highest BCUT2D eigenvalue weighted by Gasteiger charge is 2.50. The fourth-order valence-corrected chi connectivity index (χ4v) is 7.71. The van der Waals surface area contributed by atoms with E-state index in [-0.39, 0.29) is 17.4 Å². The molecule has 1 saturated carbocycles. The van der Waals surface area contributed by atoms with Crippen LogP contribution in [0.25, 0.3) is 0 Å². The van der Waals surface area contributed by atoms with Crippen LogP contribution < -0.4 is 21.8 Å². The van der Waals surface area contributed by atoms with Gasteiger partial charge in [-0.05, 0) is 61.7 Å². The first kappa shape index (κ1) is 26.6. The van der Waals surface area contributed by atoms with Crippen molar-refractivity contribution in [3.63, 3.8) is 0 Å². The SMILES string of the molecule is CC(C)(C)OC(=O)C1(N)CCC(C(O[SiH](c2ccccc2)c2ccccc2)C(C)(C)C)CC1N. The van der Waals surface area contributed by atoms with Gasteiger partial charge in [0.2, 0.25) is 9.04 Å². The predicted octanol–water partition coefficient (Wildman–Crippen LogP) is 3.12. The summed E-state index contributed by atoms with van der Waals surface area (Å²) in [5.74, 6) is -0.198. The normalized spacial score (nSPS) is 24.6. The van der Waals surface area contributed by atoms with Gasteiger partial charge < -0.3 is 20.6 Å². The van der Waals surface area contributed by atoms with Crippen LogP contribution in [0.2, 0.25) is 0 Å². The highest BCUT2D eigenvalue weighted by molar-refractivity contribution is 6.80. The van der Waals surface area contributed by atoms with E-state index in [0.29, 0.717) is 12.8 Å². The molecular weight excluding hydrogens is 440 g/mol. The van der Waals surface area contributed by atoms with Gasteiger partial charge in [-0.15, -0.1) is 0 Å². The maximum atomic E-state index is 12.9. The highest BCUT2D eigenvalue weighted by atomic mass is 28.3. The van der Waals surface area contributed by atoms with Crippen molar-refractivity contribution in [2.45, 2.75) is 84.1 Å². The topological polar surface area (TPSA) is 87.6 Å². The van der Waals surface area contributed by atoms with Crippen molar-refractivity contribution >= 4 is 25.4 Å². The van der Waals surface area contributed by atoms with Gasteiger partial charge in [0.25, 0.3) is 0 Å². The molecule has 4 unspecified atom stereocenters. The quantitative estimate of drug-likeness (QED) is 0.488. The van der Waals surface area contributed by atoms with E-state index >= 15 is 0 Å². The fourth-order valence-electron chi connectivity index (χ4n) is 4.94. The Balaban J connectivity index is 1.86. The van der Waals surface area contributed by atoms with Gasteiger partial charge in [0.15, 0.2) is 0 Å². The van der Waals surface area contributed by atoms with Crippen LogP contribution in [0.4, 0.5) is 0 Å². The van der Waals surface area contributed by atoms with E-state index in [4.69, 9.17) is 20.6 Å². The van der Waals surface area contributed by atoms with Gasteiger partial charge in [-0.2, -0.15) is 0 Å². The van der Waals surface area contributed by atoms with Crippen LogP contribution in [0, 0.1) is 11.3 Å². The van der Waals surface area contributed by atoms with Gasteiger partial charge in [-0.3, -0.25) is 0 Å². The first-order chi connectivity index (χ1) is 15.8. The van der Waals surface area contributed by atoms with E-state index in [1.54, 1.807) is 0 Å². The molecule has 4 atom stereocenters. The molecule has 186 valence electrons. The van der Waals surface area contributed by atoms with Crippen LogP contribution in [0.5, 0.6) is 0 Å². The third-order valence-corrected chi connectivity index (χ3v) is 9.24. The van der Waals surface area contributed by atoms with Crippen LogP contribution in [0.3, 0.4) is 0 Å². The summed E-state index contributed by atoms with van der Waals surface area (Å²) in [7, 11) is -1.94. The molecule has 5 nitrogen and oxygen atoms in total. The Morgan fingerprint density at radius 2 is 1.47 bits per heavy atom. The highest BCUT2D eigenvalue weighted by Crippen LogP contribution is 2.40. The molecule has 2 aromatic rings. The Bertz CT molecular complexity index is 900. The second-order valence-electron chi connectivity index (χ2n) is 11.8. The smallest absolute Gasteiger partial charge is 0.328 e. The maximum absolute atomic E-state index is 12.9. The van der Waals surface area contributed by atoms with Gasteiger partial charge in [0.1, 0.15) is 11.1 Å². The van der Waals surface area contributed by atoms with Crippen molar-refractivity contribution in [2.75, 3.05) is 0 Å². The summed E-state index contributed by atoms with van der Waals surface area (Å²) in [5, 5.41) is 2.51. The van der Waals surface area contributed by atoms with E-state index in [2.05, 4.69) is 69.3 Å². The lowest BCUT2D eigenvalue weighted by molar-refractivity contribution is -0.164. The van der Waals surface area contributed by atoms with Gasteiger partial charge in [0.05, 0.1) is 6.10 Å². The molecule has 0 bridgehead atoms. The monoisotopic (exact) mass is 482 g/mol. The molecule has 0 aromatic heterocycles. The van der Waals surface area contributed by atoms with Crippen molar-refractivity contribution in [3.8, 4) is 0 Å². The first-order valence-corrected chi connectivity index (χ1v) is 14.0. The molecule has 3 rings (SSSR count). The number of hydrogen-bond acceptors (Lipinski definition) is 5. The molecule has 2 aromatic carbocycles. The second-order valence-corrected chi connectivity index (χ2v) is 14.2. The van der Waals surface area contributed by atoms with Crippen molar-refractivity contribution in [1.29, 1.82) is 0 Å². The molecule has 0 heterocycles. The van der Waals surface area contributed by atoms with Crippen molar-refractivity contribution in [1.82, 2.24) is 0 Å². The molecule has 1 aliphatic rings. The summed E-state index contributed by atoms with van der Waals surface area (Å²) >= 11 is 0. The van der Waals surface area contributed by atoms with Crippen LogP contribution in [-0.2, 0) is 14.0 Å². The lowest BCUT2D eigenvalue weighted by Crippen LogP contribution is -2.66. The maximum Gasteiger partial charge on any atom is 0.328 e. The zero-order valence-corrected chi connectivity index (χ0v) is 22.7. The number of hydrogen-bond donors (Lipinski definition) is 2. The molecule has 0 spiro atoms. The molecular formula is C28H42N2O3Si. The molecule has 0 aliphatic heterocycles. The minimum atomic E-state index is -1.94. The third-order valence-electron chi connectivity index (χ3n) is 6.70. The van der Waals surface area contributed by atoms with Crippen LogP contribution in [0.1, 0.15) is 60.8 Å². The number of carbonyl (C=O) groups is 1. The number of rotatable bonds is 6. The van der Waals surface area contributed by atoms with E-state index in [1.807, 2.05) is 32.9 Å². The van der Waals surface area contributed by atoms with Crippen LogP contribution in [0.15, 0.2) is 60.7 Å². The average Bonchev–Trinajstić information content (AvgIpc) is 2.76. The number of carbonyl (C=O) groups excluding carboxylic acids is 1. The largest absolute Gasteiger partial charge is 0.459 e. The Hall–Kier alpha value is -1.99. The van der Waals surface area contributed by atoms with Gasteiger partial charge in [0, 0.05) is 6.04 Å². The number of esters is 1. The summed E-state index contributed by atoms with van der Waals surface area (Å²) < 4.78 is 12.7. The van der Waals surface area contributed by atoms with Gasteiger partial charge in [-0.25, -0.2) is 4.79 Å². The molecule has 0 amide bonds. The van der Waals surface area contributed by atoms with Crippen molar-refractivity contribution in [3.05, 3.63) is 60.7 Å². The average molecular weight is 483 g/mol. The molecule has 34 heavy (non-hydrogen) atoms. The molecule has 1 aliphatic carbocycles. The van der Waals surface area contributed by atoms with E-state index < -0.39 is 32.2 Å². The Morgan fingerprint density at radius 3 is 1.88 bits per heavy atom. The minimum absolute atomic E-state index is 0.0150. The lowest BCUT2D eigenvalue weighted by Gasteiger charge is -2.47. The Labute approximate surface area is 206 Å². The first-order valence-electron chi connectivity index (χ1n) is 12.3. The minimum Gasteiger partial charge on any atom is -0.459 e. The van der Waals surface area contributed by atoms with E-state index in [9.17, 15) is 4.79 Å². The molecule has 6 heteroatoms. The zero-order valence-electron chi connectivity index (χ0n) is 21.6. The predicted molar refractivity (Wildman–Crippen MR) is 142 cm³/mol. The summed E-state index contributed by atoms with van der Waals surface area (Å²) in [5.41, 5.74) is 11.3. The number of nitrogens with two attached hydrogens (primary N) is 2. The summed E-state index contributed by atoms with van der Waals surface area (Å²) in [4.78, 5) is 12.9. The van der Waals surface area contributed by atoms with E-state index in [1.165, 1.54) is 10.4 Å². The number of ether oxygens (including phenoxy) is 1. The lowest BCUT2D eigenvalue weighted by atomic mass is 9.68. The van der Waals surface area contributed by atoms with Crippen LogP contribution >= 0.6 is 0 Å². The van der Waals surface area contributed by atoms with Crippen molar-refractivity contribution in [2.24, 2.45) is 22.8 Å². The Kier molecular flexibility index (Phi) is 8.08. The molecule has 0 saturated heterocycles. The second kappa shape index (κ2) is 10.3. The molecule has 0 radical (unpaired) electrons. The number of benzene rings is 2. The Morgan fingerprint density at radius 1 is 0.971 bits per heavy atom. The standard InChI is InChI=1S/C28H42N2O3Si/c1-26(2,3)24(20-17-18-28(30,23(29)19-20)25(31)32-27(4,5)6)33-34(21-13-9-7-10-14-21)22-15-11-8-12-16-22/h7-16,20,23-24,34H,17-19,29-30H2,1-6H3. The summed E-state index contributed by atoms with van der Waals surface area (Å²) in [6, 6.07) is 20.6. The fraction of sp³-hybridized carbons (Fsp3) is 0.536. The summed E-state index contributed by atoms with van der Waals surface area (Å²) in [6.07, 6.45) is 1.88. The van der Waals surface area contributed by atoms with Gasteiger partial charge >= 0.3 is 5.97 Å².